The minimum absolute atomic E-state index is 0.114. The van der Waals surface area contributed by atoms with Crippen molar-refractivity contribution in [2.45, 2.75) is 13.5 Å². The lowest BCUT2D eigenvalue weighted by Crippen LogP contribution is -2.30. The minimum Gasteiger partial charge on any atom is -0.489 e. The Bertz CT molecular complexity index is 572. The molecule has 2 N–H and O–H groups in total. The maximum Gasteiger partial charge on any atom is 0.488 e. The third-order valence-corrected chi connectivity index (χ3v) is 2.67. The van der Waals surface area contributed by atoms with Crippen LogP contribution >= 0.6 is 0 Å². The zero-order chi connectivity index (χ0) is 13.8. The third-order valence-electron chi connectivity index (χ3n) is 2.67. The molecule has 0 amide bonds. The zero-order valence-electron chi connectivity index (χ0n) is 10.5. The zero-order valence-corrected chi connectivity index (χ0v) is 10.5. The van der Waals surface area contributed by atoms with Gasteiger partial charge in [-0.1, -0.05) is 18.2 Å². The maximum atomic E-state index is 13.3. The van der Waals surface area contributed by atoms with E-state index in [-0.39, 0.29) is 12.1 Å². The molecule has 0 aliphatic carbocycles. The third kappa shape index (κ3) is 3.81. The summed E-state index contributed by atoms with van der Waals surface area (Å²) >= 11 is 0. The second-order valence-electron chi connectivity index (χ2n) is 4.37. The van der Waals surface area contributed by atoms with Gasteiger partial charge in [0, 0.05) is 0 Å². The normalized spacial score (nSPS) is 10.3. The molecular formula is C14H14BFO3. The number of benzene rings is 2. The summed E-state index contributed by atoms with van der Waals surface area (Å²) in [6.07, 6.45) is 0. The highest BCUT2D eigenvalue weighted by atomic mass is 19.1. The van der Waals surface area contributed by atoms with E-state index in [9.17, 15) is 4.39 Å². The lowest BCUT2D eigenvalue weighted by Gasteiger charge is -2.09. The highest BCUT2D eigenvalue weighted by Crippen LogP contribution is 2.14. The molecule has 0 spiro atoms. The molecular weight excluding hydrogens is 246 g/mol. The molecule has 0 unspecified atom stereocenters. The Labute approximate surface area is 111 Å². The van der Waals surface area contributed by atoms with Crippen LogP contribution < -0.4 is 10.2 Å². The SMILES string of the molecule is Cc1cccc(OCc2cc(F)cc(B(O)O)c2)c1. The molecule has 5 heteroatoms. The Morgan fingerprint density at radius 1 is 1.16 bits per heavy atom. The number of halogens is 1. The van der Waals surface area contributed by atoms with Gasteiger partial charge in [0.2, 0.25) is 0 Å². The van der Waals surface area contributed by atoms with Crippen LogP contribution in [0.15, 0.2) is 42.5 Å². The van der Waals surface area contributed by atoms with E-state index in [0.717, 1.165) is 11.6 Å². The van der Waals surface area contributed by atoms with Crippen molar-refractivity contribution in [3.05, 3.63) is 59.4 Å². The van der Waals surface area contributed by atoms with E-state index in [4.69, 9.17) is 14.8 Å². The lowest BCUT2D eigenvalue weighted by atomic mass is 9.79. The van der Waals surface area contributed by atoms with E-state index < -0.39 is 12.9 Å². The fraction of sp³-hybridized carbons (Fsp3) is 0.143. The van der Waals surface area contributed by atoms with Crippen LogP contribution in [0.3, 0.4) is 0 Å². The first kappa shape index (κ1) is 13.6. The molecule has 0 bridgehead atoms. The van der Waals surface area contributed by atoms with Crippen molar-refractivity contribution in [1.29, 1.82) is 0 Å². The molecule has 2 rings (SSSR count). The van der Waals surface area contributed by atoms with Gasteiger partial charge in [0.1, 0.15) is 18.2 Å². The largest absolute Gasteiger partial charge is 0.489 e. The summed E-state index contributed by atoms with van der Waals surface area (Å²) < 4.78 is 18.8. The average molecular weight is 260 g/mol. The van der Waals surface area contributed by atoms with Gasteiger partial charge in [-0.25, -0.2) is 4.39 Å². The number of aryl methyl sites for hydroxylation is 1. The van der Waals surface area contributed by atoms with Crippen LogP contribution in [0.2, 0.25) is 0 Å². The quantitative estimate of drug-likeness (QED) is 0.817. The summed E-state index contributed by atoms with van der Waals surface area (Å²) in [7, 11) is -1.69. The average Bonchev–Trinajstić information content (AvgIpc) is 2.36. The molecule has 0 saturated heterocycles. The van der Waals surface area contributed by atoms with E-state index in [1.807, 2.05) is 31.2 Å². The van der Waals surface area contributed by atoms with Crippen molar-refractivity contribution in [1.82, 2.24) is 0 Å². The number of hydrogen-bond donors (Lipinski definition) is 2. The predicted molar refractivity (Wildman–Crippen MR) is 71.7 cm³/mol. The molecule has 19 heavy (non-hydrogen) atoms. The smallest absolute Gasteiger partial charge is 0.488 e. The fourth-order valence-corrected chi connectivity index (χ4v) is 1.78. The highest BCUT2D eigenvalue weighted by molar-refractivity contribution is 6.58. The summed E-state index contributed by atoms with van der Waals surface area (Å²) in [5, 5.41) is 18.1. The number of ether oxygens (including phenoxy) is 1. The Hall–Kier alpha value is -1.85. The Morgan fingerprint density at radius 3 is 2.63 bits per heavy atom. The van der Waals surface area contributed by atoms with Crippen molar-refractivity contribution in [3.63, 3.8) is 0 Å². The molecule has 0 radical (unpaired) electrons. The molecule has 0 aromatic heterocycles. The van der Waals surface area contributed by atoms with E-state index in [2.05, 4.69) is 0 Å². The fourth-order valence-electron chi connectivity index (χ4n) is 1.78. The molecule has 2 aromatic carbocycles. The van der Waals surface area contributed by atoms with Crippen LogP contribution in [0.5, 0.6) is 5.75 Å². The van der Waals surface area contributed by atoms with E-state index >= 15 is 0 Å². The Balaban J connectivity index is 2.11. The van der Waals surface area contributed by atoms with Crippen LogP contribution in [0.25, 0.3) is 0 Å². The van der Waals surface area contributed by atoms with Crippen molar-refractivity contribution >= 4 is 12.6 Å². The van der Waals surface area contributed by atoms with Gasteiger partial charge >= 0.3 is 7.12 Å². The maximum absolute atomic E-state index is 13.3. The van der Waals surface area contributed by atoms with Gasteiger partial charge in [-0.15, -0.1) is 0 Å². The van der Waals surface area contributed by atoms with Gasteiger partial charge < -0.3 is 14.8 Å². The molecule has 0 saturated carbocycles. The Morgan fingerprint density at radius 2 is 1.95 bits per heavy atom. The van der Waals surface area contributed by atoms with Crippen LogP contribution in [-0.2, 0) is 6.61 Å². The molecule has 98 valence electrons. The van der Waals surface area contributed by atoms with Crippen LogP contribution in [0.1, 0.15) is 11.1 Å². The molecule has 2 aromatic rings. The van der Waals surface area contributed by atoms with Crippen molar-refractivity contribution in [2.24, 2.45) is 0 Å². The van der Waals surface area contributed by atoms with Gasteiger partial charge in [0.05, 0.1) is 0 Å². The topological polar surface area (TPSA) is 49.7 Å². The van der Waals surface area contributed by atoms with Crippen molar-refractivity contribution in [2.75, 3.05) is 0 Å². The Kier molecular flexibility index (Phi) is 4.19. The molecule has 0 atom stereocenters. The number of hydrogen-bond acceptors (Lipinski definition) is 3. The van der Waals surface area contributed by atoms with E-state index in [1.54, 1.807) is 0 Å². The highest BCUT2D eigenvalue weighted by Gasteiger charge is 2.13. The lowest BCUT2D eigenvalue weighted by molar-refractivity contribution is 0.305. The number of rotatable bonds is 4. The monoisotopic (exact) mass is 260 g/mol. The molecule has 0 fully saturated rings. The van der Waals surface area contributed by atoms with Gasteiger partial charge in [0.25, 0.3) is 0 Å². The van der Waals surface area contributed by atoms with Crippen molar-refractivity contribution < 1.29 is 19.2 Å². The first-order valence-corrected chi connectivity index (χ1v) is 5.89. The van der Waals surface area contributed by atoms with Crippen LogP contribution in [0, 0.1) is 12.7 Å². The van der Waals surface area contributed by atoms with Crippen LogP contribution in [0.4, 0.5) is 4.39 Å². The van der Waals surface area contributed by atoms with Crippen molar-refractivity contribution in [3.8, 4) is 5.75 Å². The summed E-state index contributed by atoms with van der Waals surface area (Å²) in [6, 6.07) is 11.4. The predicted octanol–water partition coefficient (Wildman–Crippen LogP) is 1.39. The summed E-state index contributed by atoms with van der Waals surface area (Å²) in [6.45, 7) is 2.12. The summed E-state index contributed by atoms with van der Waals surface area (Å²) in [5.74, 6) is 0.170. The first-order chi connectivity index (χ1) is 9.04. The van der Waals surface area contributed by atoms with Crippen LogP contribution in [-0.4, -0.2) is 17.2 Å². The van der Waals surface area contributed by atoms with Gasteiger partial charge in [-0.3, -0.25) is 0 Å². The minimum atomic E-state index is -1.69. The molecule has 3 nitrogen and oxygen atoms in total. The molecule has 0 heterocycles. The van der Waals surface area contributed by atoms with E-state index in [1.165, 1.54) is 12.1 Å². The van der Waals surface area contributed by atoms with Gasteiger partial charge in [-0.2, -0.15) is 0 Å². The second-order valence-corrected chi connectivity index (χ2v) is 4.37. The standard InChI is InChI=1S/C14H14BFO3/c1-10-3-2-4-14(5-10)19-9-11-6-12(15(17)18)8-13(16)7-11/h2-8,17-18H,9H2,1H3. The second kappa shape index (κ2) is 5.86. The van der Waals surface area contributed by atoms with E-state index in [0.29, 0.717) is 11.3 Å². The van der Waals surface area contributed by atoms with Gasteiger partial charge in [-0.05, 0) is 47.8 Å². The summed E-state index contributed by atoms with van der Waals surface area (Å²) in [5.41, 5.74) is 1.73. The molecule has 0 aliphatic rings. The molecule has 0 aliphatic heterocycles. The van der Waals surface area contributed by atoms with Gasteiger partial charge in [0.15, 0.2) is 0 Å². The first-order valence-electron chi connectivity index (χ1n) is 5.89. The summed E-state index contributed by atoms with van der Waals surface area (Å²) in [4.78, 5) is 0.